The lowest BCUT2D eigenvalue weighted by atomic mass is 9.94. The number of carbonyl (C=O) groups excluding carboxylic acids is 2. The second kappa shape index (κ2) is 10.5. The third-order valence-electron chi connectivity index (χ3n) is 7.06. The molecule has 3 amide bonds. The molecule has 0 N–H and O–H groups in total. The molecule has 1 fully saturated rings. The summed E-state index contributed by atoms with van der Waals surface area (Å²) in [6.45, 7) is 6.77. The molecule has 0 aliphatic carbocycles. The monoisotopic (exact) mass is 480 g/mol. The molecule has 1 aromatic heterocycles. The highest BCUT2D eigenvalue weighted by atomic mass is 16.5. The van der Waals surface area contributed by atoms with Crippen LogP contribution in [0.5, 0.6) is 11.5 Å². The summed E-state index contributed by atoms with van der Waals surface area (Å²) in [6.07, 6.45) is 5.55. The highest BCUT2D eigenvalue weighted by Crippen LogP contribution is 2.39. The van der Waals surface area contributed by atoms with Crippen LogP contribution in [0.1, 0.15) is 54.2 Å². The number of fused-ring (bicyclic) bond motifs is 2. The van der Waals surface area contributed by atoms with Crippen LogP contribution in [0, 0.1) is 0 Å². The first kappa shape index (κ1) is 24.7. The molecule has 0 bridgehead atoms. The molecule has 1 saturated heterocycles. The van der Waals surface area contributed by atoms with E-state index in [0.29, 0.717) is 50.6 Å². The predicted molar refractivity (Wildman–Crippen MR) is 135 cm³/mol. The van der Waals surface area contributed by atoms with E-state index in [0.717, 1.165) is 29.0 Å². The molecular weight excluding hydrogens is 444 g/mol. The van der Waals surface area contributed by atoms with Crippen LogP contribution in [-0.2, 0) is 13.6 Å². The quantitative estimate of drug-likeness (QED) is 0.657. The van der Waals surface area contributed by atoms with Crippen molar-refractivity contribution in [2.75, 3.05) is 40.4 Å². The minimum atomic E-state index is -0.0336. The fraction of sp³-hybridized carbons (Fsp3) is 0.481. The van der Waals surface area contributed by atoms with Crippen LogP contribution in [0.25, 0.3) is 0 Å². The number of rotatable bonds is 4. The minimum Gasteiger partial charge on any atom is -0.497 e. The van der Waals surface area contributed by atoms with Gasteiger partial charge in [-0.1, -0.05) is 13.0 Å². The molecule has 2 aliphatic heterocycles. The second-order valence-corrected chi connectivity index (χ2v) is 9.20. The first-order valence-corrected chi connectivity index (χ1v) is 12.3. The van der Waals surface area contributed by atoms with E-state index >= 15 is 0 Å². The van der Waals surface area contributed by atoms with Crippen LogP contribution in [0.4, 0.5) is 4.79 Å². The number of methoxy groups -OCH3 is 2. The van der Waals surface area contributed by atoms with Gasteiger partial charge in [-0.3, -0.25) is 9.69 Å². The lowest BCUT2D eigenvalue weighted by Crippen LogP contribution is -2.47. The van der Waals surface area contributed by atoms with Crippen LogP contribution < -0.4 is 9.47 Å². The summed E-state index contributed by atoms with van der Waals surface area (Å²) < 4.78 is 13.1. The Labute approximate surface area is 207 Å². The second-order valence-electron chi connectivity index (χ2n) is 9.20. The number of hydrogen-bond donors (Lipinski definition) is 0. The number of benzene rings is 1. The maximum atomic E-state index is 13.8. The Morgan fingerprint density at radius 3 is 2.60 bits per heavy atom. The third-order valence-corrected chi connectivity index (χ3v) is 7.06. The van der Waals surface area contributed by atoms with E-state index in [2.05, 4.69) is 13.0 Å². The van der Waals surface area contributed by atoms with Crippen molar-refractivity contribution in [3.63, 3.8) is 0 Å². The van der Waals surface area contributed by atoms with Crippen molar-refractivity contribution in [3.05, 3.63) is 59.1 Å². The van der Waals surface area contributed by atoms with Crippen molar-refractivity contribution in [1.82, 2.24) is 19.3 Å². The van der Waals surface area contributed by atoms with Crippen LogP contribution >= 0.6 is 0 Å². The third kappa shape index (κ3) is 4.88. The molecule has 0 unspecified atom stereocenters. The Bertz CT molecular complexity index is 1120. The van der Waals surface area contributed by atoms with E-state index in [1.807, 2.05) is 63.7 Å². The number of likely N-dealkylation sites (N-methyl/N-ethyl adjacent to an activating group) is 1. The summed E-state index contributed by atoms with van der Waals surface area (Å²) in [6, 6.07) is 7.61. The summed E-state index contributed by atoms with van der Waals surface area (Å²) in [7, 11) is 5.19. The highest BCUT2D eigenvalue weighted by molar-refractivity contribution is 5.92. The van der Waals surface area contributed by atoms with Gasteiger partial charge >= 0.3 is 6.03 Å². The normalized spacial score (nSPS) is 18.9. The summed E-state index contributed by atoms with van der Waals surface area (Å²) in [4.78, 5) is 32.7. The summed E-state index contributed by atoms with van der Waals surface area (Å²) in [5.41, 5.74) is 3.77. The molecule has 1 aromatic carbocycles. The first-order chi connectivity index (χ1) is 16.9. The molecule has 0 radical (unpaired) electrons. The lowest BCUT2D eigenvalue weighted by molar-refractivity contribution is 0.0716. The average molecular weight is 481 g/mol. The van der Waals surface area contributed by atoms with E-state index in [1.54, 1.807) is 14.2 Å². The number of amides is 3. The van der Waals surface area contributed by atoms with Gasteiger partial charge in [-0.15, -0.1) is 0 Å². The van der Waals surface area contributed by atoms with E-state index in [9.17, 15) is 9.59 Å². The van der Waals surface area contributed by atoms with Crippen molar-refractivity contribution in [2.45, 2.75) is 39.2 Å². The maximum absolute atomic E-state index is 13.8. The Hall–Kier alpha value is -3.42. The molecule has 2 aliphatic rings. The number of hydrogen-bond acceptors (Lipinski definition) is 4. The number of carbonyl (C=O) groups is 2. The van der Waals surface area contributed by atoms with E-state index in [-0.39, 0.29) is 17.9 Å². The van der Waals surface area contributed by atoms with Crippen molar-refractivity contribution in [3.8, 4) is 11.5 Å². The SMILES string of the molecule is CCN1CCN(C(=O)c2cccn2C)CCCC2=C[C@H](C)c3c(cc(OC)cc3OC)CN2C1=O. The fourth-order valence-electron chi connectivity index (χ4n) is 5.15. The molecule has 0 saturated carbocycles. The zero-order valence-electron chi connectivity index (χ0n) is 21.4. The summed E-state index contributed by atoms with van der Waals surface area (Å²) in [5, 5.41) is 0. The van der Waals surface area contributed by atoms with Gasteiger partial charge in [-0.25, -0.2) is 4.79 Å². The first-order valence-electron chi connectivity index (χ1n) is 12.3. The van der Waals surface area contributed by atoms with Crippen LogP contribution in [0.15, 0.2) is 42.2 Å². The Morgan fingerprint density at radius 2 is 1.94 bits per heavy atom. The minimum absolute atomic E-state index is 0.00545. The molecule has 8 heteroatoms. The lowest BCUT2D eigenvalue weighted by Gasteiger charge is -2.35. The molecule has 2 aromatic rings. The van der Waals surface area contributed by atoms with E-state index in [1.165, 1.54) is 0 Å². The number of urea groups is 1. The van der Waals surface area contributed by atoms with Gasteiger partial charge in [0.2, 0.25) is 0 Å². The molecule has 0 spiro atoms. The highest BCUT2D eigenvalue weighted by Gasteiger charge is 2.31. The van der Waals surface area contributed by atoms with Crippen molar-refractivity contribution >= 4 is 11.9 Å². The number of ether oxygens (including phenoxy) is 2. The molecular formula is C27H36N4O4. The maximum Gasteiger partial charge on any atom is 0.324 e. The molecule has 4 rings (SSSR count). The van der Waals surface area contributed by atoms with Crippen molar-refractivity contribution in [2.24, 2.45) is 7.05 Å². The van der Waals surface area contributed by atoms with Gasteiger partial charge in [0.1, 0.15) is 17.2 Å². The largest absolute Gasteiger partial charge is 0.497 e. The molecule has 8 nitrogen and oxygen atoms in total. The molecule has 1 atom stereocenters. The molecule has 188 valence electrons. The summed E-state index contributed by atoms with van der Waals surface area (Å²) >= 11 is 0. The van der Waals surface area contributed by atoms with Gasteiger partial charge < -0.3 is 23.8 Å². The average Bonchev–Trinajstić information content (AvgIpc) is 3.23. The predicted octanol–water partition coefficient (Wildman–Crippen LogP) is 4.22. The molecule has 35 heavy (non-hydrogen) atoms. The Balaban J connectivity index is 1.67. The van der Waals surface area contributed by atoms with Gasteiger partial charge in [-0.2, -0.15) is 0 Å². The zero-order chi connectivity index (χ0) is 25.1. The Kier molecular flexibility index (Phi) is 7.38. The standard InChI is InChI=1S/C27H36N4O4/c1-6-29-13-14-30(26(32)23-10-8-11-28(23)3)12-7-9-21-15-19(2)25-20(18-31(21)27(29)33)16-22(34-4)17-24(25)35-5/h8,10-11,15-17,19H,6-7,9,12-14,18H2,1-5H3/t19-/m0/s1. The number of aryl methyl sites for hydroxylation is 1. The number of aromatic nitrogens is 1. The van der Waals surface area contributed by atoms with Gasteiger partial charge in [0.15, 0.2) is 0 Å². The smallest absolute Gasteiger partial charge is 0.324 e. The van der Waals surface area contributed by atoms with Gasteiger partial charge in [-0.05, 0) is 43.5 Å². The fourth-order valence-corrected chi connectivity index (χ4v) is 5.15. The zero-order valence-corrected chi connectivity index (χ0v) is 21.4. The van der Waals surface area contributed by atoms with Gasteiger partial charge in [0.05, 0.1) is 20.8 Å². The van der Waals surface area contributed by atoms with Crippen LogP contribution in [0.2, 0.25) is 0 Å². The van der Waals surface area contributed by atoms with E-state index < -0.39 is 0 Å². The van der Waals surface area contributed by atoms with E-state index in [4.69, 9.17) is 9.47 Å². The van der Waals surface area contributed by atoms with Crippen molar-refractivity contribution in [1.29, 1.82) is 0 Å². The topological polar surface area (TPSA) is 67.2 Å². The van der Waals surface area contributed by atoms with Gasteiger partial charge in [0.25, 0.3) is 5.91 Å². The van der Waals surface area contributed by atoms with Crippen LogP contribution in [0.3, 0.4) is 0 Å². The number of nitrogens with zero attached hydrogens (tertiary/aromatic N) is 4. The number of allylic oxidation sites excluding steroid dienone is 2. The summed E-state index contributed by atoms with van der Waals surface area (Å²) in [5.74, 6) is 1.56. The van der Waals surface area contributed by atoms with Crippen LogP contribution in [-0.4, -0.2) is 71.6 Å². The molecule has 3 heterocycles. The van der Waals surface area contributed by atoms with Crippen molar-refractivity contribution < 1.29 is 19.1 Å². The van der Waals surface area contributed by atoms with Gasteiger partial charge in [0, 0.05) is 62.7 Å². The Morgan fingerprint density at radius 1 is 1.14 bits per heavy atom.